The maximum absolute atomic E-state index is 13.9. The molecule has 0 bridgehead atoms. The van der Waals surface area contributed by atoms with E-state index in [9.17, 15) is 14.4 Å². The van der Waals surface area contributed by atoms with Gasteiger partial charge in [0.05, 0.1) is 53.3 Å². The molecule has 0 aliphatic carbocycles. The summed E-state index contributed by atoms with van der Waals surface area (Å²) in [6, 6.07) is 17.9. The summed E-state index contributed by atoms with van der Waals surface area (Å²) in [5, 5.41) is 0.271. The SMILES string of the molecule is CCOC(=O)C1=C(C)N=c2sc(=Cc3ccc(OC(=O)c4ccccc4Cl)c(OC)c3)c(=O)n2[C@@H]1c1ccc(OC)cc1. The van der Waals surface area contributed by atoms with Gasteiger partial charge in [0.15, 0.2) is 16.3 Å². The lowest BCUT2D eigenvalue weighted by molar-refractivity contribution is -0.139. The lowest BCUT2D eigenvalue weighted by Gasteiger charge is -2.24. The van der Waals surface area contributed by atoms with Crippen molar-refractivity contribution in [2.24, 2.45) is 4.99 Å². The number of halogens is 1. The summed E-state index contributed by atoms with van der Waals surface area (Å²) >= 11 is 7.33. The fourth-order valence-electron chi connectivity index (χ4n) is 4.68. The Hall–Kier alpha value is -4.67. The molecule has 2 heterocycles. The van der Waals surface area contributed by atoms with Gasteiger partial charge in [-0.1, -0.05) is 53.3 Å². The Labute approximate surface area is 255 Å². The summed E-state index contributed by atoms with van der Waals surface area (Å²) in [4.78, 5) is 44.7. The molecule has 0 fully saturated rings. The number of ether oxygens (including phenoxy) is 4. The van der Waals surface area contributed by atoms with Crippen molar-refractivity contribution >= 4 is 41.0 Å². The Bertz CT molecular complexity index is 1930. The number of carbonyl (C=O) groups is 2. The number of esters is 2. The van der Waals surface area contributed by atoms with Gasteiger partial charge in [-0.25, -0.2) is 14.6 Å². The topological polar surface area (TPSA) is 105 Å². The van der Waals surface area contributed by atoms with Crippen molar-refractivity contribution in [3.8, 4) is 17.2 Å². The van der Waals surface area contributed by atoms with Gasteiger partial charge >= 0.3 is 11.9 Å². The van der Waals surface area contributed by atoms with Crippen LogP contribution in [0.25, 0.3) is 6.08 Å². The van der Waals surface area contributed by atoms with E-state index in [1.165, 1.54) is 23.0 Å². The molecule has 1 atom stereocenters. The van der Waals surface area contributed by atoms with Gasteiger partial charge in [0.1, 0.15) is 5.75 Å². The number of aromatic nitrogens is 1. The Morgan fingerprint density at radius 1 is 1.00 bits per heavy atom. The number of nitrogens with zero attached hydrogens (tertiary/aromatic N) is 2. The molecular weight excluding hydrogens is 592 g/mol. The highest BCUT2D eigenvalue weighted by atomic mass is 35.5. The van der Waals surface area contributed by atoms with E-state index in [0.29, 0.717) is 37.7 Å². The molecule has 0 N–H and O–H groups in total. The minimum absolute atomic E-state index is 0.181. The number of fused-ring (bicyclic) bond motifs is 1. The quantitative estimate of drug-likeness (QED) is 0.208. The molecule has 9 nitrogen and oxygen atoms in total. The van der Waals surface area contributed by atoms with Crippen LogP contribution in [-0.2, 0) is 9.53 Å². The third-order valence-corrected chi connectivity index (χ3v) is 8.04. The van der Waals surface area contributed by atoms with Crippen LogP contribution in [0.3, 0.4) is 0 Å². The van der Waals surface area contributed by atoms with Crippen LogP contribution in [0.1, 0.15) is 41.4 Å². The number of hydrogen-bond acceptors (Lipinski definition) is 9. The molecular formula is C32H27ClN2O7S. The summed E-state index contributed by atoms with van der Waals surface area (Å²) < 4.78 is 23.6. The second-order valence-corrected chi connectivity index (χ2v) is 10.8. The van der Waals surface area contributed by atoms with Gasteiger partial charge in [0.2, 0.25) is 0 Å². The summed E-state index contributed by atoms with van der Waals surface area (Å²) in [5.41, 5.74) is 1.99. The molecule has 0 amide bonds. The molecule has 0 radical (unpaired) electrons. The summed E-state index contributed by atoms with van der Waals surface area (Å²) in [6.45, 7) is 3.64. The fraction of sp³-hybridized carbons (Fsp3) is 0.188. The third-order valence-electron chi connectivity index (χ3n) is 6.73. The van der Waals surface area contributed by atoms with E-state index < -0.39 is 18.0 Å². The molecule has 0 spiro atoms. The molecule has 220 valence electrons. The maximum Gasteiger partial charge on any atom is 0.345 e. The molecule has 3 aromatic carbocycles. The molecule has 1 aliphatic rings. The Kier molecular flexibility index (Phi) is 8.79. The molecule has 5 rings (SSSR count). The monoisotopic (exact) mass is 618 g/mol. The first-order chi connectivity index (χ1) is 20.7. The van der Waals surface area contributed by atoms with Crippen molar-refractivity contribution in [3.63, 3.8) is 0 Å². The van der Waals surface area contributed by atoms with Gasteiger partial charge in [-0.05, 0) is 67.4 Å². The molecule has 11 heteroatoms. The van der Waals surface area contributed by atoms with Gasteiger partial charge in [-0.3, -0.25) is 9.36 Å². The zero-order valence-electron chi connectivity index (χ0n) is 23.8. The molecule has 0 saturated carbocycles. The Balaban J connectivity index is 1.56. The van der Waals surface area contributed by atoms with Crippen LogP contribution in [0.5, 0.6) is 17.2 Å². The molecule has 1 aromatic heterocycles. The average molecular weight is 619 g/mol. The second-order valence-electron chi connectivity index (χ2n) is 9.36. The van der Waals surface area contributed by atoms with Gasteiger partial charge in [-0.15, -0.1) is 0 Å². The van der Waals surface area contributed by atoms with Gasteiger partial charge in [-0.2, -0.15) is 0 Å². The zero-order chi connectivity index (χ0) is 30.7. The summed E-state index contributed by atoms with van der Waals surface area (Å²) in [7, 11) is 3.02. The second kappa shape index (κ2) is 12.7. The summed E-state index contributed by atoms with van der Waals surface area (Å²) in [6.07, 6.45) is 1.69. The van der Waals surface area contributed by atoms with Crippen LogP contribution >= 0.6 is 22.9 Å². The number of allylic oxidation sites excluding steroid dienone is 1. The number of thiazole rings is 1. The van der Waals surface area contributed by atoms with Crippen molar-refractivity contribution in [1.29, 1.82) is 0 Å². The molecule has 1 aliphatic heterocycles. The zero-order valence-corrected chi connectivity index (χ0v) is 25.3. The Morgan fingerprint density at radius 2 is 1.74 bits per heavy atom. The third kappa shape index (κ3) is 5.97. The predicted molar refractivity (Wildman–Crippen MR) is 163 cm³/mol. The highest BCUT2D eigenvalue weighted by molar-refractivity contribution is 7.07. The standard InChI is InChI=1S/C32H27ClN2O7S/c1-5-41-31(38)27-18(2)34-32-35(28(27)20-11-13-21(39-3)14-12-20)29(36)26(43-32)17-19-10-15-24(25(16-19)40-4)42-30(37)22-8-6-7-9-23(22)33/h6-17,28H,5H2,1-4H3/t28-/m1/s1. The highest BCUT2D eigenvalue weighted by Gasteiger charge is 2.33. The molecule has 43 heavy (non-hydrogen) atoms. The first kappa shape index (κ1) is 29.8. The number of carbonyl (C=O) groups excluding carboxylic acids is 2. The number of hydrogen-bond donors (Lipinski definition) is 0. The molecule has 4 aromatic rings. The number of methoxy groups -OCH3 is 2. The van der Waals surface area contributed by atoms with Crippen molar-refractivity contribution in [2.75, 3.05) is 20.8 Å². The predicted octanol–water partition coefficient (Wildman–Crippen LogP) is 4.69. The average Bonchev–Trinajstić information content (AvgIpc) is 3.31. The van der Waals surface area contributed by atoms with E-state index in [-0.39, 0.29) is 34.1 Å². The van der Waals surface area contributed by atoms with Gasteiger partial charge in [0.25, 0.3) is 5.56 Å². The minimum atomic E-state index is -0.746. The first-order valence-corrected chi connectivity index (χ1v) is 14.4. The lowest BCUT2D eigenvalue weighted by Crippen LogP contribution is -2.39. The van der Waals surface area contributed by atoms with E-state index >= 15 is 0 Å². The van der Waals surface area contributed by atoms with E-state index in [2.05, 4.69) is 4.99 Å². The van der Waals surface area contributed by atoms with Crippen LogP contribution in [0.15, 0.2) is 87.8 Å². The largest absolute Gasteiger partial charge is 0.497 e. The van der Waals surface area contributed by atoms with E-state index in [4.69, 9.17) is 30.5 Å². The van der Waals surface area contributed by atoms with E-state index in [1.54, 1.807) is 81.6 Å². The van der Waals surface area contributed by atoms with Crippen LogP contribution < -0.4 is 29.1 Å². The molecule has 0 unspecified atom stereocenters. The lowest BCUT2D eigenvalue weighted by atomic mass is 9.96. The van der Waals surface area contributed by atoms with Crippen molar-refractivity contribution in [3.05, 3.63) is 119 Å². The van der Waals surface area contributed by atoms with Crippen LogP contribution in [0, 0.1) is 0 Å². The van der Waals surface area contributed by atoms with Crippen LogP contribution in [0.4, 0.5) is 0 Å². The smallest absolute Gasteiger partial charge is 0.345 e. The highest BCUT2D eigenvalue weighted by Crippen LogP contribution is 2.32. The van der Waals surface area contributed by atoms with Crippen molar-refractivity contribution < 1.29 is 28.5 Å². The van der Waals surface area contributed by atoms with Crippen LogP contribution in [0.2, 0.25) is 5.02 Å². The Morgan fingerprint density at radius 3 is 2.42 bits per heavy atom. The van der Waals surface area contributed by atoms with E-state index in [0.717, 1.165) is 0 Å². The minimum Gasteiger partial charge on any atom is -0.497 e. The van der Waals surface area contributed by atoms with Gasteiger partial charge in [0, 0.05) is 0 Å². The maximum atomic E-state index is 13.9. The fourth-order valence-corrected chi connectivity index (χ4v) is 5.94. The first-order valence-electron chi connectivity index (χ1n) is 13.2. The number of rotatable bonds is 8. The normalized spacial score (nSPS) is 14.5. The van der Waals surface area contributed by atoms with Crippen molar-refractivity contribution in [2.45, 2.75) is 19.9 Å². The van der Waals surface area contributed by atoms with E-state index in [1.807, 2.05) is 12.1 Å². The number of benzene rings is 3. The van der Waals surface area contributed by atoms with Gasteiger partial charge < -0.3 is 18.9 Å². The van der Waals surface area contributed by atoms with Crippen LogP contribution in [-0.4, -0.2) is 37.3 Å². The van der Waals surface area contributed by atoms with Crippen molar-refractivity contribution in [1.82, 2.24) is 4.57 Å². The molecule has 0 saturated heterocycles. The summed E-state index contributed by atoms with van der Waals surface area (Å²) in [5.74, 6) is -0.0371.